The summed E-state index contributed by atoms with van der Waals surface area (Å²) in [5.74, 6) is 0.581. The van der Waals surface area contributed by atoms with Crippen molar-refractivity contribution in [3.63, 3.8) is 0 Å². The van der Waals surface area contributed by atoms with E-state index in [1.165, 1.54) is 0 Å². The van der Waals surface area contributed by atoms with E-state index in [-0.39, 0.29) is 4.87 Å². The van der Waals surface area contributed by atoms with Crippen molar-refractivity contribution < 1.29 is 0 Å². The Morgan fingerprint density at radius 2 is 2.38 bits per heavy atom. The van der Waals surface area contributed by atoms with Crippen LogP contribution in [0.15, 0.2) is 22.3 Å². The van der Waals surface area contributed by atoms with Crippen molar-refractivity contribution in [1.82, 2.24) is 9.97 Å². The number of nitrogens with two attached hydrogens (primary N) is 1. The molecular formula is C9H9ClN4OS. The van der Waals surface area contributed by atoms with Gasteiger partial charge in [0.2, 0.25) is 0 Å². The number of anilines is 2. The predicted octanol–water partition coefficient (Wildman–Crippen LogP) is 1.68. The lowest BCUT2D eigenvalue weighted by Crippen LogP contribution is -2.04. The van der Waals surface area contributed by atoms with E-state index in [9.17, 15) is 4.79 Å². The Kier molecular flexibility index (Phi) is 3.12. The molecule has 2 rings (SSSR count). The van der Waals surface area contributed by atoms with Crippen molar-refractivity contribution in [1.29, 1.82) is 0 Å². The second-order valence-electron chi connectivity index (χ2n) is 3.14. The molecule has 0 spiro atoms. The molecule has 0 aliphatic rings. The van der Waals surface area contributed by atoms with E-state index in [1.807, 2.05) is 0 Å². The van der Waals surface area contributed by atoms with Crippen molar-refractivity contribution in [3.05, 3.63) is 38.0 Å². The molecule has 0 aromatic carbocycles. The summed E-state index contributed by atoms with van der Waals surface area (Å²) in [7, 11) is 0. The van der Waals surface area contributed by atoms with Gasteiger partial charge in [-0.25, -0.2) is 4.98 Å². The molecule has 0 saturated carbocycles. The highest BCUT2D eigenvalue weighted by Gasteiger charge is 2.00. The van der Waals surface area contributed by atoms with Crippen LogP contribution in [0.1, 0.15) is 5.69 Å². The summed E-state index contributed by atoms with van der Waals surface area (Å²) in [5, 5.41) is 5.10. The van der Waals surface area contributed by atoms with Gasteiger partial charge in [-0.1, -0.05) is 22.9 Å². The van der Waals surface area contributed by atoms with Gasteiger partial charge in [-0.05, 0) is 6.07 Å². The molecule has 0 aliphatic heterocycles. The van der Waals surface area contributed by atoms with Crippen LogP contribution < -0.4 is 15.9 Å². The Hall–Kier alpha value is -1.53. The SMILES string of the molecule is Nc1cc(Cl)nc(NCc2csc(=O)[nH]2)c1. The fourth-order valence-corrected chi connectivity index (χ4v) is 1.99. The first-order chi connectivity index (χ1) is 7.63. The lowest BCUT2D eigenvalue weighted by atomic mass is 10.4. The van der Waals surface area contributed by atoms with E-state index >= 15 is 0 Å². The third kappa shape index (κ3) is 2.74. The standard InChI is InChI=1S/C9H9ClN4OS/c10-7-1-5(11)2-8(14-7)12-3-6-4-16-9(15)13-6/h1-2,4H,3H2,(H,13,15)(H3,11,12,14). The summed E-state index contributed by atoms with van der Waals surface area (Å²) < 4.78 is 0. The molecule has 84 valence electrons. The highest BCUT2D eigenvalue weighted by Crippen LogP contribution is 2.16. The third-order valence-corrected chi connectivity index (χ3v) is 2.76. The van der Waals surface area contributed by atoms with E-state index < -0.39 is 0 Å². The van der Waals surface area contributed by atoms with E-state index in [4.69, 9.17) is 17.3 Å². The number of nitrogen functional groups attached to an aromatic ring is 1. The summed E-state index contributed by atoms with van der Waals surface area (Å²) in [5.41, 5.74) is 6.96. The maximum absolute atomic E-state index is 10.9. The molecule has 0 unspecified atom stereocenters. The molecule has 2 aromatic rings. The van der Waals surface area contributed by atoms with E-state index in [0.29, 0.717) is 23.2 Å². The normalized spacial score (nSPS) is 10.3. The first kappa shape index (κ1) is 11.0. The molecule has 5 nitrogen and oxygen atoms in total. The summed E-state index contributed by atoms with van der Waals surface area (Å²) in [6.45, 7) is 0.478. The number of hydrogen-bond acceptors (Lipinski definition) is 5. The van der Waals surface area contributed by atoms with Crippen LogP contribution >= 0.6 is 22.9 Å². The van der Waals surface area contributed by atoms with E-state index in [0.717, 1.165) is 17.0 Å². The van der Waals surface area contributed by atoms with Gasteiger partial charge in [0.25, 0.3) is 0 Å². The fourth-order valence-electron chi connectivity index (χ4n) is 1.19. The number of rotatable bonds is 3. The predicted molar refractivity (Wildman–Crippen MR) is 65.9 cm³/mol. The number of aromatic amines is 1. The van der Waals surface area contributed by atoms with Crippen LogP contribution in [-0.2, 0) is 6.54 Å². The van der Waals surface area contributed by atoms with Crippen LogP contribution in [0.4, 0.5) is 11.5 Å². The van der Waals surface area contributed by atoms with Gasteiger partial charge in [0, 0.05) is 22.8 Å². The molecule has 7 heteroatoms. The highest BCUT2D eigenvalue weighted by molar-refractivity contribution is 7.07. The highest BCUT2D eigenvalue weighted by atomic mass is 35.5. The molecule has 2 aromatic heterocycles. The van der Waals surface area contributed by atoms with Crippen LogP contribution in [0.3, 0.4) is 0 Å². The molecule has 0 amide bonds. The van der Waals surface area contributed by atoms with Crippen molar-refractivity contribution >= 4 is 34.4 Å². The zero-order chi connectivity index (χ0) is 11.5. The van der Waals surface area contributed by atoms with Gasteiger partial charge in [-0.2, -0.15) is 0 Å². The van der Waals surface area contributed by atoms with Gasteiger partial charge in [0.1, 0.15) is 11.0 Å². The number of nitrogens with zero attached hydrogens (tertiary/aromatic N) is 1. The first-order valence-electron chi connectivity index (χ1n) is 4.47. The molecule has 0 aliphatic carbocycles. The summed E-state index contributed by atoms with van der Waals surface area (Å²) >= 11 is 6.87. The zero-order valence-electron chi connectivity index (χ0n) is 8.16. The van der Waals surface area contributed by atoms with Crippen LogP contribution in [0, 0.1) is 0 Å². The van der Waals surface area contributed by atoms with E-state index in [2.05, 4.69) is 15.3 Å². The van der Waals surface area contributed by atoms with Crippen molar-refractivity contribution in [2.75, 3.05) is 11.1 Å². The minimum absolute atomic E-state index is 0.0737. The lowest BCUT2D eigenvalue weighted by Gasteiger charge is -2.05. The minimum atomic E-state index is -0.0737. The smallest absolute Gasteiger partial charge is 0.304 e. The van der Waals surface area contributed by atoms with Gasteiger partial charge in [0.15, 0.2) is 0 Å². The largest absolute Gasteiger partial charge is 0.399 e. The van der Waals surface area contributed by atoms with Crippen LogP contribution in [0.5, 0.6) is 0 Å². The zero-order valence-corrected chi connectivity index (χ0v) is 9.73. The van der Waals surface area contributed by atoms with E-state index in [1.54, 1.807) is 17.5 Å². The number of halogens is 1. The topological polar surface area (TPSA) is 83.8 Å². The Bertz CT molecular complexity index is 530. The molecule has 0 fully saturated rings. The maximum Gasteiger partial charge on any atom is 0.304 e. The average molecular weight is 257 g/mol. The number of pyridine rings is 1. The molecule has 0 bridgehead atoms. The molecule has 2 heterocycles. The summed E-state index contributed by atoms with van der Waals surface area (Å²) in [6.07, 6.45) is 0. The second-order valence-corrected chi connectivity index (χ2v) is 4.36. The maximum atomic E-state index is 10.9. The number of thiazole rings is 1. The van der Waals surface area contributed by atoms with Crippen LogP contribution in [-0.4, -0.2) is 9.97 Å². The van der Waals surface area contributed by atoms with Crippen molar-refractivity contribution in [3.8, 4) is 0 Å². The molecular weight excluding hydrogens is 248 g/mol. The number of aromatic nitrogens is 2. The van der Waals surface area contributed by atoms with Gasteiger partial charge in [-0.15, -0.1) is 0 Å². The quantitative estimate of drug-likeness (QED) is 0.730. The van der Waals surface area contributed by atoms with Gasteiger partial charge < -0.3 is 16.0 Å². The molecule has 0 radical (unpaired) electrons. The molecule has 0 atom stereocenters. The number of H-pyrrole nitrogens is 1. The van der Waals surface area contributed by atoms with Crippen molar-refractivity contribution in [2.24, 2.45) is 0 Å². The molecule has 16 heavy (non-hydrogen) atoms. The van der Waals surface area contributed by atoms with Crippen LogP contribution in [0.25, 0.3) is 0 Å². The molecule has 4 N–H and O–H groups in total. The Morgan fingerprint density at radius 1 is 1.56 bits per heavy atom. The third-order valence-electron chi connectivity index (χ3n) is 1.85. The number of hydrogen-bond donors (Lipinski definition) is 3. The summed E-state index contributed by atoms with van der Waals surface area (Å²) in [4.78, 5) is 17.5. The van der Waals surface area contributed by atoms with Gasteiger partial charge in [-0.3, -0.25) is 4.79 Å². The molecule has 0 saturated heterocycles. The minimum Gasteiger partial charge on any atom is -0.399 e. The fraction of sp³-hybridized carbons (Fsp3) is 0.111. The average Bonchev–Trinajstić information content (AvgIpc) is 2.60. The first-order valence-corrected chi connectivity index (χ1v) is 5.73. The number of nitrogens with one attached hydrogen (secondary N) is 2. The second kappa shape index (κ2) is 4.54. The van der Waals surface area contributed by atoms with Gasteiger partial charge in [0.05, 0.1) is 6.54 Å². The monoisotopic (exact) mass is 256 g/mol. The lowest BCUT2D eigenvalue weighted by molar-refractivity contribution is 1.04. The van der Waals surface area contributed by atoms with Crippen LogP contribution in [0.2, 0.25) is 5.15 Å². The Balaban J connectivity index is 2.07. The Labute approximate surface area is 100 Å². The Morgan fingerprint density at radius 3 is 3.00 bits per heavy atom. The summed E-state index contributed by atoms with van der Waals surface area (Å²) in [6, 6.07) is 3.25. The van der Waals surface area contributed by atoms with Crippen molar-refractivity contribution in [2.45, 2.75) is 6.54 Å². The van der Waals surface area contributed by atoms with Gasteiger partial charge >= 0.3 is 4.87 Å².